The summed E-state index contributed by atoms with van der Waals surface area (Å²) in [4.78, 5) is 23.2. The van der Waals surface area contributed by atoms with Gasteiger partial charge in [-0.3, -0.25) is 9.36 Å². The lowest BCUT2D eigenvalue weighted by Gasteiger charge is -2.13. The summed E-state index contributed by atoms with van der Waals surface area (Å²) < 4.78 is 31.7. The quantitative estimate of drug-likeness (QED) is 0.774. The van der Waals surface area contributed by atoms with E-state index in [1.165, 1.54) is 14.1 Å². The van der Waals surface area contributed by atoms with E-state index >= 15 is 0 Å². The zero-order chi connectivity index (χ0) is 18.2. The summed E-state index contributed by atoms with van der Waals surface area (Å²) in [6.45, 7) is 5.93. The third kappa shape index (κ3) is 3.28. The van der Waals surface area contributed by atoms with Crippen molar-refractivity contribution in [3.05, 3.63) is 56.4 Å². The van der Waals surface area contributed by atoms with Crippen LogP contribution in [0, 0.1) is 6.92 Å². The fraction of sp³-hybridized carbons (Fsp3) is 0.375. The third-order valence-electron chi connectivity index (χ3n) is 3.75. The van der Waals surface area contributed by atoms with E-state index in [9.17, 15) is 18.0 Å². The van der Waals surface area contributed by atoms with Crippen LogP contribution in [0.3, 0.4) is 0 Å². The fourth-order valence-corrected chi connectivity index (χ4v) is 3.55. The second kappa shape index (κ2) is 6.27. The molecule has 0 N–H and O–H groups in total. The van der Waals surface area contributed by atoms with E-state index in [4.69, 9.17) is 4.18 Å². The standard InChI is InChI=1S/C16H20N2O5S/c1-10(2)13-7-6-12(8-11(13)3)23-24(21,22)14-9-17(4)16(20)18(5)15(14)19/h6-10H,1-5H3. The SMILES string of the molecule is Cc1cc(OS(=O)(=O)c2cn(C)c(=O)n(C)c2=O)ccc1C(C)C. The van der Waals surface area contributed by atoms with Gasteiger partial charge in [-0.1, -0.05) is 19.9 Å². The topological polar surface area (TPSA) is 87.4 Å². The highest BCUT2D eigenvalue weighted by Crippen LogP contribution is 2.25. The minimum atomic E-state index is -4.35. The van der Waals surface area contributed by atoms with Crippen LogP contribution < -0.4 is 15.4 Å². The summed E-state index contributed by atoms with van der Waals surface area (Å²) in [6, 6.07) is 4.95. The molecule has 0 aliphatic rings. The molecule has 0 amide bonds. The largest absolute Gasteiger partial charge is 0.379 e. The number of hydrogen-bond acceptors (Lipinski definition) is 5. The number of aryl methyl sites for hydroxylation is 2. The van der Waals surface area contributed by atoms with Crippen LogP contribution in [0.4, 0.5) is 0 Å². The molecule has 0 aliphatic heterocycles. The van der Waals surface area contributed by atoms with Crippen LogP contribution in [0.1, 0.15) is 30.9 Å². The summed E-state index contributed by atoms with van der Waals surface area (Å²) in [5.74, 6) is 0.416. The van der Waals surface area contributed by atoms with Crippen molar-refractivity contribution < 1.29 is 12.6 Å². The molecule has 0 atom stereocenters. The van der Waals surface area contributed by atoms with Crippen LogP contribution in [0.15, 0.2) is 38.9 Å². The second-order valence-electron chi connectivity index (χ2n) is 5.96. The highest BCUT2D eigenvalue weighted by molar-refractivity contribution is 7.87. The third-order valence-corrected chi connectivity index (χ3v) is 4.98. The first kappa shape index (κ1) is 18.0. The molecular weight excluding hydrogens is 332 g/mol. The van der Waals surface area contributed by atoms with Gasteiger partial charge < -0.3 is 8.75 Å². The van der Waals surface area contributed by atoms with Crippen molar-refractivity contribution in [2.75, 3.05) is 0 Å². The van der Waals surface area contributed by atoms with Gasteiger partial charge in [0, 0.05) is 20.3 Å². The Morgan fingerprint density at radius 1 is 1.12 bits per heavy atom. The molecule has 7 nitrogen and oxygen atoms in total. The second-order valence-corrected chi connectivity index (χ2v) is 7.48. The van der Waals surface area contributed by atoms with E-state index < -0.39 is 26.3 Å². The molecule has 0 saturated carbocycles. The molecule has 1 aromatic carbocycles. The van der Waals surface area contributed by atoms with Gasteiger partial charge in [-0.05, 0) is 36.1 Å². The molecule has 0 fully saturated rings. The lowest BCUT2D eigenvalue weighted by molar-refractivity contribution is 0.480. The van der Waals surface area contributed by atoms with Crippen molar-refractivity contribution in [1.29, 1.82) is 0 Å². The monoisotopic (exact) mass is 352 g/mol. The molecule has 1 aromatic heterocycles. The van der Waals surface area contributed by atoms with Crippen molar-refractivity contribution in [1.82, 2.24) is 9.13 Å². The maximum absolute atomic E-state index is 12.4. The maximum Gasteiger partial charge on any atom is 0.346 e. The Labute approximate surface area is 140 Å². The first-order chi connectivity index (χ1) is 11.0. The van der Waals surface area contributed by atoms with Gasteiger partial charge in [-0.2, -0.15) is 8.42 Å². The van der Waals surface area contributed by atoms with Crippen LogP contribution in [0.5, 0.6) is 5.75 Å². The van der Waals surface area contributed by atoms with Gasteiger partial charge in [0.2, 0.25) is 0 Å². The molecule has 2 aromatic rings. The van der Waals surface area contributed by atoms with Crippen molar-refractivity contribution in [3.8, 4) is 5.75 Å². The van der Waals surface area contributed by atoms with E-state index in [0.717, 1.165) is 26.5 Å². The number of aromatic nitrogens is 2. The smallest absolute Gasteiger partial charge is 0.346 e. The Hall–Kier alpha value is -2.35. The van der Waals surface area contributed by atoms with E-state index in [2.05, 4.69) is 0 Å². The van der Waals surface area contributed by atoms with Crippen LogP contribution in [0.25, 0.3) is 0 Å². The summed E-state index contributed by atoms with van der Waals surface area (Å²) in [5, 5.41) is 0. The minimum absolute atomic E-state index is 0.118. The lowest BCUT2D eigenvalue weighted by atomic mass is 9.98. The van der Waals surface area contributed by atoms with Gasteiger partial charge in [0.05, 0.1) is 0 Å². The molecule has 0 radical (unpaired) electrons. The van der Waals surface area contributed by atoms with Crippen LogP contribution in [0.2, 0.25) is 0 Å². The van der Waals surface area contributed by atoms with Gasteiger partial charge in [-0.25, -0.2) is 4.79 Å². The normalized spacial score (nSPS) is 11.8. The maximum atomic E-state index is 12.4. The lowest BCUT2D eigenvalue weighted by Crippen LogP contribution is -2.39. The minimum Gasteiger partial charge on any atom is -0.379 e. The number of benzene rings is 1. The highest BCUT2D eigenvalue weighted by Gasteiger charge is 2.24. The first-order valence-corrected chi connectivity index (χ1v) is 8.77. The average Bonchev–Trinajstić information content (AvgIpc) is 2.47. The van der Waals surface area contributed by atoms with Gasteiger partial charge >= 0.3 is 15.8 Å². The van der Waals surface area contributed by atoms with Crippen molar-refractivity contribution in [2.24, 2.45) is 14.1 Å². The number of rotatable bonds is 4. The Kier molecular flexibility index (Phi) is 4.70. The van der Waals surface area contributed by atoms with E-state index in [1.54, 1.807) is 18.2 Å². The zero-order valence-electron chi connectivity index (χ0n) is 14.2. The Morgan fingerprint density at radius 2 is 1.75 bits per heavy atom. The summed E-state index contributed by atoms with van der Waals surface area (Å²) in [5.41, 5.74) is 0.438. The number of hydrogen-bond donors (Lipinski definition) is 0. The van der Waals surface area contributed by atoms with Crippen molar-refractivity contribution >= 4 is 10.1 Å². The Balaban J connectivity index is 2.49. The zero-order valence-corrected chi connectivity index (χ0v) is 15.0. The van der Waals surface area contributed by atoms with Gasteiger partial charge in [0.25, 0.3) is 5.56 Å². The molecule has 24 heavy (non-hydrogen) atoms. The molecule has 2 rings (SSSR count). The molecule has 1 heterocycles. The molecule has 0 spiro atoms. The summed E-state index contributed by atoms with van der Waals surface area (Å²) in [7, 11) is -1.77. The van der Waals surface area contributed by atoms with Crippen LogP contribution in [-0.2, 0) is 24.2 Å². The van der Waals surface area contributed by atoms with Gasteiger partial charge in [-0.15, -0.1) is 0 Å². The first-order valence-electron chi connectivity index (χ1n) is 7.36. The molecule has 0 aliphatic carbocycles. The van der Waals surface area contributed by atoms with E-state index in [1.807, 2.05) is 20.8 Å². The fourth-order valence-electron chi connectivity index (χ4n) is 2.47. The number of nitrogens with zero attached hydrogens (tertiary/aromatic N) is 2. The van der Waals surface area contributed by atoms with Crippen LogP contribution >= 0.6 is 0 Å². The van der Waals surface area contributed by atoms with Crippen LogP contribution in [-0.4, -0.2) is 17.6 Å². The summed E-state index contributed by atoms with van der Waals surface area (Å²) >= 11 is 0. The van der Waals surface area contributed by atoms with Crippen molar-refractivity contribution in [2.45, 2.75) is 31.6 Å². The molecule has 0 unspecified atom stereocenters. The average molecular weight is 352 g/mol. The summed E-state index contributed by atoms with van der Waals surface area (Å²) in [6.07, 6.45) is 0.968. The molecule has 0 saturated heterocycles. The van der Waals surface area contributed by atoms with Gasteiger partial charge in [0.15, 0.2) is 4.90 Å². The predicted octanol–water partition coefficient (Wildman–Crippen LogP) is 1.28. The predicted molar refractivity (Wildman–Crippen MR) is 90.0 cm³/mol. The molecule has 0 bridgehead atoms. The molecular formula is C16H20N2O5S. The molecule has 8 heteroatoms. The Bertz CT molecular complexity index is 1000. The van der Waals surface area contributed by atoms with Crippen molar-refractivity contribution in [3.63, 3.8) is 0 Å². The molecule has 130 valence electrons. The van der Waals surface area contributed by atoms with Gasteiger partial charge in [0.1, 0.15) is 5.75 Å². The van der Waals surface area contributed by atoms with E-state index in [-0.39, 0.29) is 5.75 Å². The van der Waals surface area contributed by atoms with E-state index in [0.29, 0.717) is 5.92 Å². The highest BCUT2D eigenvalue weighted by atomic mass is 32.2. The Morgan fingerprint density at radius 3 is 2.29 bits per heavy atom.